The van der Waals surface area contributed by atoms with E-state index in [2.05, 4.69) is 16.4 Å². The van der Waals surface area contributed by atoms with Gasteiger partial charge in [-0.25, -0.2) is 4.98 Å². The van der Waals surface area contributed by atoms with Crippen molar-refractivity contribution in [1.82, 2.24) is 4.98 Å². The minimum absolute atomic E-state index is 0.746. The van der Waals surface area contributed by atoms with Gasteiger partial charge in [-0.15, -0.1) is 11.3 Å². The number of rotatable bonds is 4. The van der Waals surface area contributed by atoms with E-state index >= 15 is 0 Å². The van der Waals surface area contributed by atoms with Crippen molar-refractivity contribution >= 4 is 61.2 Å². The van der Waals surface area contributed by atoms with Crippen LogP contribution in [0.5, 0.6) is 0 Å². The molecular weight excluding hydrogens is 319 g/mol. The van der Waals surface area contributed by atoms with Crippen LogP contribution in [-0.2, 0) is 6.42 Å². The first-order chi connectivity index (χ1) is 9.20. The third-order valence-corrected chi connectivity index (χ3v) is 5.13. The van der Waals surface area contributed by atoms with Gasteiger partial charge in [0, 0.05) is 16.4 Å². The maximum atomic E-state index is 5.96. The molecule has 0 unspecified atom stereocenters. The van der Waals surface area contributed by atoms with Crippen molar-refractivity contribution in [3.8, 4) is 0 Å². The summed E-state index contributed by atoms with van der Waals surface area (Å²) in [5.74, 6) is 0. The second kappa shape index (κ2) is 5.67. The Morgan fingerprint density at radius 2 is 2.00 bits per heavy atom. The fraction of sp³-hybridized carbons (Fsp3) is 0.154. The highest BCUT2D eigenvalue weighted by molar-refractivity contribution is 7.22. The third kappa shape index (κ3) is 3.20. The van der Waals surface area contributed by atoms with Gasteiger partial charge >= 0.3 is 0 Å². The number of thiophene rings is 1. The predicted octanol–water partition coefficient (Wildman–Crippen LogP) is 5.32. The molecule has 6 heteroatoms. The van der Waals surface area contributed by atoms with Crippen molar-refractivity contribution in [2.45, 2.75) is 6.42 Å². The number of fused-ring (bicyclic) bond motifs is 1. The standard InChI is InChI=1S/C13H10Cl2N2S2/c14-8-1-3-10-11(7-8)19-13(17-10)16-6-5-9-2-4-12(15)18-9/h1-4,7H,5-6H2,(H,16,17). The SMILES string of the molecule is Clc1ccc2nc(NCCc3ccc(Cl)s3)sc2c1. The molecule has 0 aliphatic rings. The van der Waals surface area contributed by atoms with Gasteiger partial charge in [-0.05, 0) is 36.8 Å². The van der Waals surface area contributed by atoms with Gasteiger partial charge in [-0.3, -0.25) is 0 Å². The molecule has 0 fully saturated rings. The van der Waals surface area contributed by atoms with Crippen LogP contribution >= 0.6 is 45.9 Å². The van der Waals surface area contributed by atoms with E-state index in [1.54, 1.807) is 22.7 Å². The molecule has 0 bridgehead atoms. The molecule has 0 radical (unpaired) electrons. The summed E-state index contributed by atoms with van der Waals surface area (Å²) < 4.78 is 1.94. The summed E-state index contributed by atoms with van der Waals surface area (Å²) in [6, 6.07) is 9.74. The maximum Gasteiger partial charge on any atom is 0.183 e. The molecule has 0 amide bonds. The maximum absolute atomic E-state index is 5.96. The Morgan fingerprint density at radius 3 is 2.79 bits per heavy atom. The van der Waals surface area contributed by atoms with Crippen LogP contribution in [0.2, 0.25) is 9.36 Å². The molecule has 1 aromatic carbocycles. The Balaban J connectivity index is 1.65. The zero-order valence-corrected chi connectivity index (χ0v) is 13.0. The highest BCUT2D eigenvalue weighted by Gasteiger charge is 2.04. The largest absolute Gasteiger partial charge is 0.361 e. The second-order valence-corrected chi connectivity index (χ2v) is 7.28. The van der Waals surface area contributed by atoms with Gasteiger partial charge < -0.3 is 5.32 Å². The molecule has 3 rings (SSSR count). The van der Waals surface area contributed by atoms with Gasteiger partial charge in [0.25, 0.3) is 0 Å². The van der Waals surface area contributed by atoms with E-state index in [0.717, 1.165) is 37.7 Å². The lowest BCUT2D eigenvalue weighted by atomic mass is 10.3. The topological polar surface area (TPSA) is 24.9 Å². The Bertz CT molecular complexity index is 706. The Kier molecular flexibility index (Phi) is 3.93. The summed E-state index contributed by atoms with van der Waals surface area (Å²) in [6.07, 6.45) is 0.952. The molecule has 0 saturated heterocycles. The van der Waals surface area contributed by atoms with Gasteiger partial charge in [0.05, 0.1) is 14.6 Å². The van der Waals surface area contributed by atoms with Gasteiger partial charge in [0.15, 0.2) is 5.13 Å². The number of hydrogen-bond donors (Lipinski definition) is 1. The Labute approximate surface area is 129 Å². The molecule has 3 aromatic rings. The van der Waals surface area contributed by atoms with Crippen molar-refractivity contribution < 1.29 is 0 Å². The zero-order valence-electron chi connectivity index (χ0n) is 9.82. The first-order valence-electron chi connectivity index (χ1n) is 5.75. The molecule has 98 valence electrons. The lowest BCUT2D eigenvalue weighted by Gasteiger charge is -1.99. The number of benzene rings is 1. The third-order valence-electron chi connectivity index (χ3n) is 2.63. The average molecular weight is 329 g/mol. The van der Waals surface area contributed by atoms with Crippen LogP contribution in [0.15, 0.2) is 30.3 Å². The lowest BCUT2D eigenvalue weighted by molar-refractivity contribution is 1.04. The fourth-order valence-corrected chi connectivity index (χ4v) is 4.01. The number of nitrogens with one attached hydrogen (secondary N) is 1. The van der Waals surface area contributed by atoms with Gasteiger partial charge in [-0.2, -0.15) is 0 Å². The summed E-state index contributed by atoms with van der Waals surface area (Å²) in [6.45, 7) is 0.852. The van der Waals surface area contributed by atoms with E-state index in [4.69, 9.17) is 23.2 Å². The van der Waals surface area contributed by atoms with Gasteiger partial charge in [0.1, 0.15) is 0 Å². The van der Waals surface area contributed by atoms with Crippen LogP contribution in [0.3, 0.4) is 0 Å². The average Bonchev–Trinajstić information content (AvgIpc) is 2.95. The minimum Gasteiger partial charge on any atom is -0.361 e. The summed E-state index contributed by atoms with van der Waals surface area (Å²) >= 11 is 15.1. The number of thiazole rings is 1. The van der Waals surface area contributed by atoms with E-state index in [1.165, 1.54) is 4.88 Å². The molecule has 2 aromatic heterocycles. The molecule has 1 N–H and O–H groups in total. The molecule has 0 saturated carbocycles. The number of anilines is 1. The van der Waals surface area contributed by atoms with E-state index in [9.17, 15) is 0 Å². The lowest BCUT2D eigenvalue weighted by Crippen LogP contribution is -2.03. The van der Waals surface area contributed by atoms with Crippen LogP contribution in [0.25, 0.3) is 10.2 Å². The Hall–Kier alpha value is -0.810. The number of aromatic nitrogens is 1. The molecule has 0 aliphatic carbocycles. The fourth-order valence-electron chi connectivity index (χ4n) is 1.75. The molecule has 0 aliphatic heterocycles. The molecule has 0 spiro atoms. The summed E-state index contributed by atoms with van der Waals surface area (Å²) in [5.41, 5.74) is 0.982. The summed E-state index contributed by atoms with van der Waals surface area (Å²) in [4.78, 5) is 5.80. The van der Waals surface area contributed by atoms with Crippen LogP contribution in [0.1, 0.15) is 4.88 Å². The zero-order chi connectivity index (χ0) is 13.2. The van der Waals surface area contributed by atoms with Gasteiger partial charge in [0.2, 0.25) is 0 Å². The van der Waals surface area contributed by atoms with Crippen molar-refractivity contribution in [1.29, 1.82) is 0 Å². The monoisotopic (exact) mass is 328 g/mol. The molecule has 0 atom stereocenters. The first kappa shape index (κ1) is 13.2. The van der Waals surface area contributed by atoms with Crippen molar-refractivity contribution in [3.05, 3.63) is 44.6 Å². The normalized spacial score (nSPS) is 11.1. The van der Waals surface area contributed by atoms with Gasteiger partial charge in [-0.1, -0.05) is 34.5 Å². The second-order valence-electron chi connectivity index (χ2n) is 4.01. The van der Waals surface area contributed by atoms with E-state index in [0.29, 0.717) is 0 Å². The Morgan fingerprint density at radius 1 is 1.11 bits per heavy atom. The minimum atomic E-state index is 0.746. The van der Waals surface area contributed by atoms with Crippen LogP contribution in [0.4, 0.5) is 5.13 Å². The molecular formula is C13H10Cl2N2S2. The summed E-state index contributed by atoms with van der Waals surface area (Å²) in [5, 5.41) is 5.02. The number of hydrogen-bond acceptors (Lipinski definition) is 4. The number of halogens is 2. The molecule has 2 nitrogen and oxygen atoms in total. The van der Waals surface area contributed by atoms with E-state index < -0.39 is 0 Å². The molecule has 2 heterocycles. The highest BCUT2D eigenvalue weighted by Crippen LogP contribution is 2.28. The van der Waals surface area contributed by atoms with Crippen molar-refractivity contribution in [2.24, 2.45) is 0 Å². The molecule has 19 heavy (non-hydrogen) atoms. The number of nitrogens with zero attached hydrogens (tertiary/aromatic N) is 1. The summed E-state index contributed by atoms with van der Waals surface area (Å²) in [7, 11) is 0. The predicted molar refractivity (Wildman–Crippen MR) is 86.2 cm³/mol. The first-order valence-corrected chi connectivity index (χ1v) is 8.14. The van der Waals surface area contributed by atoms with Crippen molar-refractivity contribution in [3.63, 3.8) is 0 Å². The van der Waals surface area contributed by atoms with E-state index in [1.807, 2.05) is 24.3 Å². The van der Waals surface area contributed by atoms with Crippen LogP contribution in [-0.4, -0.2) is 11.5 Å². The van der Waals surface area contributed by atoms with Crippen LogP contribution < -0.4 is 5.32 Å². The van der Waals surface area contributed by atoms with Crippen LogP contribution in [0, 0.1) is 0 Å². The smallest absolute Gasteiger partial charge is 0.183 e. The van der Waals surface area contributed by atoms with E-state index in [-0.39, 0.29) is 0 Å². The quantitative estimate of drug-likeness (QED) is 0.701. The highest BCUT2D eigenvalue weighted by atomic mass is 35.5. The van der Waals surface area contributed by atoms with Crippen molar-refractivity contribution in [2.75, 3.05) is 11.9 Å².